The second kappa shape index (κ2) is 5.69. The Morgan fingerprint density at radius 2 is 1.84 bits per heavy atom. The summed E-state index contributed by atoms with van der Waals surface area (Å²) >= 11 is 0. The van der Waals surface area contributed by atoms with Crippen LogP contribution in [0.1, 0.15) is 23.9 Å². The Balaban J connectivity index is 2.24. The monoisotopic (exact) mass is 256 g/mol. The van der Waals surface area contributed by atoms with Crippen molar-refractivity contribution in [3.8, 4) is 0 Å². The summed E-state index contributed by atoms with van der Waals surface area (Å²) in [6.45, 7) is 7.79. The molecule has 0 fully saturated rings. The first kappa shape index (κ1) is 13.3. The van der Waals surface area contributed by atoms with Crippen molar-refractivity contribution in [1.29, 1.82) is 0 Å². The molecule has 1 aromatic carbocycles. The number of rotatable bonds is 4. The van der Waals surface area contributed by atoms with Gasteiger partial charge in [0.25, 0.3) is 0 Å². The van der Waals surface area contributed by atoms with Crippen LogP contribution in [0.2, 0.25) is 0 Å². The van der Waals surface area contributed by atoms with E-state index in [4.69, 9.17) is 5.73 Å². The molecule has 0 atom stereocenters. The SMILES string of the molecule is CCN(Cc1ccc(N)cc1)c1nc(C)cnc1C. The average Bonchev–Trinajstić information content (AvgIpc) is 2.41. The standard InChI is InChI=1S/C15H20N4/c1-4-19(10-13-5-7-14(16)8-6-13)15-12(3)17-9-11(2)18-15/h5-9H,4,10,16H2,1-3H3. The van der Waals surface area contributed by atoms with E-state index in [1.54, 1.807) is 6.20 Å². The highest BCUT2D eigenvalue weighted by Gasteiger charge is 2.11. The molecule has 2 rings (SSSR count). The average molecular weight is 256 g/mol. The maximum Gasteiger partial charge on any atom is 0.150 e. The lowest BCUT2D eigenvalue weighted by molar-refractivity contribution is 0.797. The molecule has 4 heteroatoms. The quantitative estimate of drug-likeness (QED) is 0.855. The van der Waals surface area contributed by atoms with Gasteiger partial charge in [0.15, 0.2) is 5.82 Å². The molecule has 0 amide bonds. The summed E-state index contributed by atoms with van der Waals surface area (Å²) in [6.07, 6.45) is 1.80. The van der Waals surface area contributed by atoms with Gasteiger partial charge in [-0.1, -0.05) is 12.1 Å². The van der Waals surface area contributed by atoms with E-state index in [0.717, 1.165) is 36.0 Å². The van der Waals surface area contributed by atoms with Crippen molar-refractivity contribution in [3.63, 3.8) is 0 Å². The van der Waals surface area contributed by atoms with Crippen LogP contribution >= 0.6 is 0 Å². The minimum absolute atomic E-state index is 0.790. The molecule has 2 N–H and O–H groups in total. The Bertz CT molecular complexity index is 549. The summed E-state index contributed by atoms with van der Waals surface area (Å²) in [4.78, 5) is 11.2. The minimum Gasteiger partial charge on any atom is -0.399 e. The Kier molecular flexibility index (Phi) is 4.00. The number of aromatic nitrogens is 2. The van der Waals surface area contributed by atoms with E-state index in [1.807, 2.05) is 26.0 Å². The van der Waals surface area contributed by atoms with Gasteiger partial charge < -0.3 is 10.6 Å². The molecule has 100 valence electrons. The van der Waals surface area contributed by atoms with Crippen LogP contribution in [0, 0.1) is 13.8 Å². The van der Waals surface area contributed by atoms with Crippen molar-refractivity contribution in [3.05, 3.63) is 47.4 Å². The highest BCUT2D eigenvalue weighted by molar-refractivity contribution is 5.45. The summed E-state index contributed by atoms with van der Waals surface area (Å²) in [6, 6.07) is 7.96. The van der Waals surface area contributed by atoms with Crippen LogP contribution < -0.4 is 10.6 Å². The van der Waals surface area contributed by atoms with E-state index in [0.29, 0.717) is 0 Å². The molecule has 1 aromatic heterocycles. The summed E-state index contributed by atoms with van der Waals surface area (Å²) < 4.78 is 0. The maximum atomic E-state index is 5.71. The van der Waals surface area contributed by atoms with Gasteiger partial charge in [-0.05, 0) is 38.5 Å². The van der Waals surface area contributed by atoms with E-state index in [-0.39, 0.29) is 0 Å². The van der Waals surface area contributed by atoms with Crippen LogP contribution in [-0.2, 0) is 6.54 Å². The highest BCUT2D eigenvalue weighted by atomic mass is 15.2. The maximum absolute atomic E-state index is 5.71. The van der Waals surface area contributed by atoms with E-state index < -0.39 is 0 Å². The number of nitrogen functional groups attached to an aromatic ring is 1. The van der Waals surface area contributed by atoms with Crippen molar-refractivity contribution in [2.45, 2.75) is 27.3 Å². The third-order valence-corrected chi connectivity index (χ3v) is 3.09. The van der Waals surface area contributed by atoms with Crippen molar-refractivity contribution >= 4 is 11.5 Å². The Morgan fingerprint density at radius 1 is 1.16 bits per heavy atom. The lowest BCUT2D eigenvalue weighted by atomic mass is 10.2. The van der Waals surface area contributed by atoms with Gasteiger partial charge in [-0.2, -0.15) is 0 Å². The Morgan fingerprint density at radius 3 is 2.47 bits per heavy atom. The van der Waals surface area contributed by atoms with Crippen molar-refractivity contribution in [2.75, 3.05) is 17.2 Å². The van der Waals surface area contributed by atoms with E-state index in [1.165, 1.54) is 5.56 Å². The fourth-order valence-electron chi connectivity index (χ4n) is 2.00. The van der Waals surface area contributed by atoms with Gasteiger partial charge in [0.05, 0.1) is 11.4 Å². The van der Waals surface area contributed by atoms with Crippen LogP contribution in [-0.4, -0.2) is 16.5 Å². The normalized spacial score (nSPS) is 10.5. The largest absolute Gasteiger partial charge is 0.399 e. The second-order valence-electron chi connectivity index (χ2n) is 4.68. The molecule has 19 heavy (non-hydrogen) atoms. The fourth-order valence-corrected chi connectivity index (χ4v) is 2.00. The van der Waals surface area contributed by atoms with Crippen molar-refractivity contribution < 1.29 is 0 Å². The molecule has 0 bridgehead atoms. The molecule has 0 saturated heterocycles. The first-order chi connectivity index (χ1) is 9.10. The third-order valence-electron chi connectivity index (χ3n) is 3.09. The zero-order chi connectivity index (χ0) is 13.8. The van der Waals surface area contributed by atoms with Gasteiger partial charge in [-0.25, -0.2) is 4.98 Å². The van der Waals surface area contributed by atoms with Crippen LogP contribution in [0.25, 0.3) is 0 Å². The number of anilines is 2. The second-order valence-corrected chi connectivity index (χ2v) is 4.68. The number of hydrogen-bond donors (Lipinski definition) is 1. The topological polar surface area (TPSA) is 55.0 Å². The molecule has 0 aliphatic rings. The molecule has 0 saturated carbocycles. The predicted molar refractivity (Wildman–Crippen MR) is 79.1 cm³/mol. The molecule has 4 nitrogen and oxygen atoms in total. The van der Waals surface area contributed by atoms with Gasteiger partial charge in [0, 0.05) is 25.0 Å². The van der Waals surface area contributed by atoms with Crippen LogP contribution in [0.15, 0.2) is 30.5 Å². The Hall–Kier alpha value is -2.10. The molecule has 2 aromatic rings. The van der Waals surface area contributed by atoms with Crippen LogP contribution in [0.4, 0.5) is 11.5 Å². The lowest BCUT2D eigenvalue weighted by Crippen LogP contribution is -2.24. The Labute approximate surface area is 114 Å². The van der Waals surface area contributed by atoms with Crippen LogP contribution in [0.3, 0.4) is 0 Å². The molecular formula is C15H20N4. The highest BCUT2D eigenvalue weighted by Crippen LogP contribution is 2.18. The van der Waals surface area contributed by atoms with Gasteiger partial charge >= 0.3 is 0 Å². The summed E-state index contributed by atoms with van der Waals surface area (Å²) in [5, 5.41) is 0. The third kappa shape index (κ3) is 3.22. The van der Waals surface area contributed by atoms with E-state index in [2.05, 4.69) is 33.9 Å². The summed E-state index contributed by atoms with van der Waals surface area (Å²) in [7, 11) is 0. The van der Waals surface area contributed by atoms with E-state index in [9.17, 15) is 0 Å². The molecule has 1 heterocycles. The molecule has 0 aliphatic heterocycles. The molecule has 0 aliphatic carbocycles. The van der Waals surface area contributed by atoms with Crippen molar-refractivity contribution in [2.24, 2.45) is 0 Å². The fraction of sp³-hybridized carbons (Fsp3) is 0.333. The first-order valence-corrected chi connectivity index (χ1v) is 6.49. The first-order valence-electron chi connectivity index (χ1n) is 6.49. The zero-order valence-electron chi connectivity index (χ0n) is 11.7. The molecule has 0 spiro atoms. The van der Waals surface area contributed by atoms with Gasteiger partial charge in [-0.15, -0.1) is 0 Å². The molecular weight excluding hydrogens is 236 g/mol. The van der Waals surface area contributed by atoms with Gasteiger partial charge in [-0.3, -0.25) is 4.98 Å². The van der Waals surface area contributed by atoms with Gasteiger partial charge in [0.1, 0.15) is 0 Å². The lowest BCUT2D eigenvalue weighted by Gasteiger charge is -2.23. The molecule has 0 radical (unpaired) electrons. The minimum atomic E-state index is 0.790. The van der Waals surface area contributed by atoms with Crippen molar-refractivity contribution in [1.82, 2.24) is 9.97 Å². The zero-order valence-corrected chi connectivity index (χ0v) is 11.7. The smallest absolute Gasteiger partial charge is 0.150 e. The molecule has 0 unspecified atom stereocenters. The van der Waals surface area contributed by atoms with E-state index >= 15 is 0 Å². The number of nitrogens with zero attached hydrogens (tertiary/aromatic N) is 3. The summed E-state index contributed by atoms with van der Waals surface area (Å²) in [5.41, 5.74) is 9.62. The number of aryl methyl sites for hydroxylation is 2. The predicted octanol–water partition coefficient (Wildman–Crippen LogP) is 2.70. The van der Waals surface area contributed by atoms with Gasteiger partial charge in [0.2, 0.25) is 0 Å². The number of nitrogens with two attached hydrogens (primary N) is 1. The van der Waals surface area contributed by atoms with Crippen LogP contribution in [0.5, 0.6) is 0 Å². The summed E-state index contributed by atoms with van der Waals surface area (Å²) in [5.74, 6) is 0.958. The number of benzene rings is 1. The number of hydrogen-bond acceptors (Lipinski definition) is 4.